The summed E-state index contributed by atoms with van der Waals surface area (Å²) in [6, 6.07) is 5.00. The number of nitrogens with zero attached hydrogens (tertiary/aromatic N) is 2. The van der Waals surface area contributed by atoms with Gasteiger partial charge in [0, 0.05) is 12.1 Å². The van der Waals surface area contributed by atoms with Gasteiger partial charge in [0.25, 0.3) is 0 Å². The molecule has 4 nitrogen and oxygen atoms in total. The van der Waals surface area contributed by atoms with Crippen molar-refractivity contribution in [2.45, 2.75) is 20.8 Å². The Morgan fingerprint density at radius 2 is 1.90 bits per heavy atom. The first-order valence-electron chi connectivity index (χ1n) is 6.50. The number of hydrogen-bond acceptors (Lipinski definition) is 4. The molecule has 1 N–H and O–H groups in total. The van der Waals surface area contributed by atoms with E-state index in [4.69, 9.17) is 4.74 Å². The molecule has 0 fully saturated rings. The van der Waals surface area contributed by atoms with Gasteiger partial charge in [-0.1, -0.05) is 6.07 Å². The number of ether oxygens (including phenoxy) is 1. The molecule has 0 unspecified atom stereocenters. The number of aryl methyl sites for hydroxylation is 2. The van der Waals surface area contributed by atoms with Crippen LogP contribution in [0.4, 0.5) is 10.2 Å². The third-order valence-corrected chi connectivity index (χ3v) is 3.09. The van der Waals surface area contributed by atoms with Crippen LogP contribution in [-0.2, 0) is 0 Å². The standard InChI is InChI=1S/C15H18FN3O/c1-5-17-15-14(18-9(2)10(3)19-15)11-7-6-8-12(20-4)13(11)16/h6-8H,5H2,1-4H3,(H,17,19). The molecule has 1 aromatic carbocycles. The van der Waals surface area contributed by atoms with E-state index >= 15 is 0 Å². The molecule has 0 aliphatic carbocycles. The van der Waals surface area contributed by atoms with E-state index in [0.717, 1.165) is 11.4 Å². The van der Waals surface area contributed by atoms with Gasteiger partial charge in [-0.15, -0.1) is 0 Å². The highest BCUT2D eigenvalue weighted by atomic mass is 19.1. The Labute approximate surface area is 118 Å². The Balaban J connectivity index is 2.65. The molecule has 0 saturated heterocycles. The van der Waals surface area contributed by atoms with Gasteiger partial charge >= 0.3 is 0 Å². The number of methoxy groups -OCH3 is 1. The predicted octanol–water partition coefficient (Wildman–Crippen LogP) is 3.34. The lowest BCUT2D eigenvalue weighted by Crippen LogP contribution is -2.07. The maximum Gasteiger partial charge on any atom is 0.174 e. The number of aromatic nitrogens is 2. The molecule has 1 aromatic heterocycles. The fraction of sp³-hybridized carbons (Fsp3) is 0.333. The monoisotopic (exact) mass is 275 g/mol. The second kappa shape index (κ2) is 5.86. The first-order valence-corrected chi connectivity index (χ1v) is 6.50. The summed E-state index contributed by atoms with van der Waals surface area (Å²) < 4.78 is 19.4. The molecule has 0 aliphatic heterocycles. The first kappa shape index (κ1) is 14.2. The lowest BCUT2D eigenvalue weighted by atomic mass is 10.1. The van der Waals surface area contributed by atoms with E-state index in [1.807, 2.05) is 20.8 Å². The summed E-state index contributed by atoms with van der Waals surface area (Å²) in [5.41, 5.74) is 2.50. The van der Waals surface area contributed by atoms with Gasteiger partial charge in [-0.3, -0.25) is 0 Å². The second-order valence-electron chi connectivity index (χ2n) is 4.44. The Morgan fingerprint density at radius 1 is 1.20 bits per heavy atom. The maximum atomic E-state index is 14.4. The van der Waals surface area contributed by atoms with Gasteiger partial charge in [0.2, 0.25) is 0 Å². The predicted molar refractivity (Wildman–Crippen MR) is 77.6 cm³/mol. The molecular formula is C15H18FN3O. The summed E-state index contributed by atoms with van der Waals surface area (Å²) in [6.07, 6.45) is 0. The number of rotatable bonds is 4. The number of anilines is 1. The van der Waals surface area contributed by atoms with Crippen molar-refractivity contribution in [3.63, 3.8) is 0 Å². The smallest absolute Gasteiger partial charge is 0.174 e. The highest BCUT2D eigenvalue weighted by Gasteiger charge is 2.17. The zero-order valence-electron chi connectivity index (χ0n) is 12.1. The number of halogens is 1. The van der Waals surface area contributed by atoms with Crippen molar-refractivity contribution < 1.29 is 9.13 Å². The molecule has 2 aromatic rings. The number of hydrogen-bond donors (Lipinski definition) is 1. The molecule has 0 saturated carbocycles. The molecule has 5 heteroatoms. The van der Waals surface area contributed by atoms with Crippen LogP contribution in [0.2, 0.25) is 0 Å². The molecular weight excluding hydrogens is 257 g/mol. The number of nitrogens with one attached hydrogen (secondary N) is 1. The van der Waals surface area contributed by atoms with Crippen molar-refractivity contribution in [1.29, 1.82) is 0 Å². The summed E-state index contributed by atoms with van der Waals surface area (Å²) in [7, 11) is 1.44. The fourth-order valence-electron chi connectivity index (χ4n) is 1.93. The minimum atomic E-state index is -0.424. The van der Waals surface area contributed by atoms with Gasteiger partial charge in [0.05, 0.1) is 18.5 Å². The first-order chi connectivity index (χ1) is 9.58. The van der Waals surface area contributed by atoms with Crippen molar-refractivity contribution in [2.24, 2.45) is 0 Å². The molecule has 1 heterocycles. The zero-order valence-corrected chi connectivity index (χ0v) is 12.1. The van der Waals surface area contributed by atoms with Gasteiger partial charge in [0.1, 0.15) is 5.69 Å². The van der Waals surface area contributed by atoms with E-state index in [2.05, 4.69) is 15.3 Å². The van der Waals surface area contributed by atoms with Crippen LogP contribution in [0.3, 0.4) is 0 Å². The van der Waals surface area contributed by atoms with E-state index in [0.29, 0.717) is 23.6 Å². The Hall–Kier alpha value is -2.17. The molecule has 20 heavy (non-hydrogen) atoms. The van der Waals surface area contributed by atoms with Crippen LogP contribution in [-0.4, -0.2) is 23.6 Å². The van der Waals surface area contributed by atoms with Crippen LogP contribution in [0.25, 0.3) is 11.3 Å². The summed E-state index contributed by atoms with van der Waals surface area (Å²) in [4.78, 5) is 8.93. The minimum absolute atomic E-state index is 0.199. The Kier molecular flexibility index (Phi) is 4.17. The van der Waals surface area contributed by atoms with Gasteiger partial charge in [-0.25, -0.2) is 14.4 Å². The largest absolute Gasteiger partial charge is 0.494 e. The molecule has 0 spiro atoms. The van der Waals surface area contributed by atoms with Crippen molar-refractivity contribution in [1.82, 2.24) is 9.97 Å². The molecule has 0 radical (unpaired) electrons. The van der Waals surface area contributed by atoms with E-state index in [-0.39, 0.29) is 5.75 Å². The van der Waals surface area contributed by atoms with E-state index in [1.165, 1.54) is 7.11 Å². The average Bonchev–Trinajstić information content (AvgIpc) is 2.43. The van der Waals surface area contributed by atoms with Crippen LogP contribution >= 0.6 is 0 Å². The Morgan fingerprint density at radius 3 is 2.55 bits per heavy atom. The molecule has 0 atom stereocenters. The third kappa shape index (κ3) is 2.57. The van der Waals surface area contributed by atoms with E-state index in [9.17, 15) is 4.39 Å². The second-order valence-corrected chi connectivity index (χ2v) is 4.44. The van der Waals surface area contributed by atoms with Gasteiger partial charge in [0.15, 0.2) is 17.4 Å². The van der Waals surface area contributed by atoms with Gasteiger partial charge < -0.3 is 10.1 Å². The maximum absolute atomic E-state index is 14.4. The summed E-state index contributed by atoms with van der Waals surface area (Å²) >= 11 is 0. The van der Waals surface area contributed by atoms with Crippen molar-refractivity contribution in [3.8, 4) is 17.0 Å². The Bertz CT molecular complexity index is 629. The van der Waals surface area contributed by atoms with Crippen molar-refractivity contribution in [3.05, 3.63) is 35.4 Å². The van der Waals surface area contributed by atoms with Gasteiger partial charge in [-0.05, 0) is 32.9 Å². The van der Waals surface area contributed by atoms with Crippen LogP contribution in [0.1, 0.15) is 18.3 Å². The lowest BCUT2D eigenvalue weighted by molar-refractivity contribution is 0.387. The van der Waals surface area contributed by atoms with Crippen molar-refractivity contribution >= 4 is 5.82 Å². The van der Waals surface area contributed by atoms with Crippen LogP contribution in [0.15, 0.2) is 18.2 Å². The summed E-state index contributed by atoms with van der Waals surface area (Å²) in [6.45, 7) is 6.40. The normalized spacial score (nSPS) is 10.4. The number of benzene rings is 1. The molecule has 106 valence electrons. The third-order valence-electron chi connectivity index (χ3n) is 3.09. The van der Waals surface area contributed by atoms with Crippen LogP contribution < -0.4 is 10.1 Å². The average molecular weight is 275 g/mol. The SMILES string of the molecule is CCNc1nc(C)c(C)nc1-c1cccc(OC)c1F. The lowest BCUT2D eigenvalue weighted by Gasteiger charge is -2.13. The highest BCUT2D eigenvalue weighted by molar-refractivity contribution is 5.73. The van der Waals surface area contributed by atoms with Crippen LogP contribution in [0.5, 0.6) is 5.75 Å². The van der Waals surface area contributed by atoms with E-state index < -0.39 is 5.82 Å². The fourth-order valence-corrected chi connectivity index (χ4v) is 1.93. The summed E-state index contributed by atoms with van der Waals surface area (Å²) in [5.74, 6) is 0.361. The highest BCUT2D eigenvalue weighted by Crippen LogP contribution is 2.32. The molecule has 0 bridgehead atoms. The quantitative estimate of drug-likeness (QED) is 0.929. The zero-order chi connectivity index (χ0) is 14.7. The van der Waals surface area contributed by atoms with Crippen molar-refractivity contribution in [2.75, 3.05) is 19.0 Å². The topological polar surface area (TPSA) is 47.0 Å². The van der Waals surface area contributed by atoms with Crippen LogP contribution in [0, 0.1) is 19.7 Å². The molecule has 2 rings (SSSR count). The van der Waals surface area contributed by atoms with E-state index in [1.54, 1.807) is 18.2 Å². The van der Waals surface area contributed by atoms with Gasteiger partial charge in [-0.2, -0.15) is 0 Å². The molecule has 0 aliphatic rings. The molecule has 0 amide bonds. The minimum Gasteiger partial charge on any atom is -0.494 e. The summed E-state index contributed by atoms with van der Waals surface area (Å²) in [5, 5.41) is 3.13.